The third-order valence-corrected chi connectivity index (χ3v) is 6.17. The third-order valence-electron chi connectivity index (χ3n) is 5.72. The van der Waals surface area contributed by atoms with Gasteiger partial charge in [0.15, 0.2) is 5.69 Å². The molecule has 1 atom stereocenters. The largest absolute Gasteiger partial charge is 0.436 e. The van der Waals surface area contributed by atoms with Crippen molar-refractivity contribution in [2.24, 2.45) is 0 Å². The molecule has 2 aromatic heterocycles. The summed E-state index contributed by atoms with van der Waals surface area (Å²) in [6.07, 6.45) is -2.73. The zero-order valence-corrected chi connectivity index (χ0v) is 18.9. The highest BCUT2D eigenvalue weighted by atomic mass is 35.5. The van der Waals surface area contributed by atoms with Crippen LogP contribution in [0.2, 0.25) is 5.02 Å². The van der Waals surface area contributed by atoms with E-state index >= 15 is 0 Å². The average molecular weight is 466 g/mol. The fourth-order valence-corrected chi connectivity index (χ4v) is 4.33. The molecule has 0 N–H and O–H groups in total. The van der Waals surface area contributed by atoms with Crippen LogP contribution in [0.1, 0.15) is 54.9 Å². The van der Waals surface area contributed by atoms with Gasteiger partial charge in [-0.25, -0.2) is 4.68 Å². The summed E-state index contributed by atoms with van der Waals surface area (Å²) in [5.74, 6) is -0.273. The van der Waals surface area contributed by atoms with Crippen LogP contribution in [0.5, 0.6) is 0 Å². The molecule has 0 aliphatic carbocycles. The normalized spacial score (nSPS) is 17.1. The lowest BCUT2D eigenvalue weighted by atomic mass is 10.1. The number of carbonyl (C=O) groups is 1. The molecule has 32 heavy (non-hydrogen) atoms. The standard InChI is InChI=1S/C22H23ClF3N5O/c1-12(2)19-17(11-27-31(19)15-7-5-13(3)6-8-15)29-10-9-16(21(29)32)30-14(4)18(23)20(28-30)22(24,25)26/h5-8,11-12,16H,9-10H2,1-4H3. The number of nitrogens with zero attached hydrogens (tertiary/aromatic N) is 5. The van der Waals surface area contributed by atoms with Crippen molar-refractivity contribution >= 4 is 23.2 Å². The molecule has 1 saturated heterocycles. The first-order valence-electron chi connectivity index (χ1n) is 10.3. The van der Waals surface area contributed by atoms with Gasteiger partial charge in [0, 0.05) is 6.54 Å². The maximum Gasteiger partial charge on any atom is 0.436 e. The minimum absolute atomic E-state index is 0.0540. The van der Waals surface area contributed by atoms with Crippen molar-refractivity contribution in [1.82, 2.24) is 19.6 Å². The number of benzene rings is 1. The van der Waals surface area contributed by atoms with E-state index in [1.165, 1.54) is 6.92 Å². The summed E-state index contributed by atoms with van der Waals surface area (Å²) in [6, 6.07) is 7.03. The molecule has 1 aliphatic rings. The first-order valence-corrected chi connectivity index (χ1v) is 10.7. The van der Waals surface area contributed by atoms with Gasteiger partial charge in [0.1, 0.15) is 6.04 Å². The lowest BCUT2D eigenvalue weighted by molar-refractivity contribution is -0.141. The van der Waals surface area contributed by atoms with Crippen molar-refractivity contribution in [3.05, 3.63) is 58.1 Å². The molecule has 3 heterocycles. The van der Waals surface area contributed by atoms with Gasteiger partial charge in [-0.1, -0.05) is 43.1 Å². The Kier molecular flexibility index (Phi) is 5.56. The Hall–Kier alpha value is -2.81. The molecule has 0 saturated carbocycles. The van der Waals surface area contributed by atoms with Gasteiger partial charge in [-0.15, -0.1) is 0 Å². The summed E-state index contributed by atoms with van der Waals surface area (Å²) in [6.45, 7) is 7.81. The molecule has 0 spiro atoms. The second kappa shape index (κ2) is 7.95. The van der Waals surface area contributed by atoms with E-state index in [0.717, 1.165) is 21.6 Å². The Balaban J connectivity index is 1.70. The van der Waals surface area contributed by atoms with Crippen LogP contribution in [0, 0.1) is 13.8 Å². The Morgan fingerprint density at radius 3 is 2.38 bits per heavy atom. The molecule has 1 aliphatic heterocycles. The smallest absolute Gasteiger partial charge is 0.307 e. The molecule has 0 radical (unpaired) electrons. The van der Waals surface area contributed by atoms with E-state index in [-0.39, 0.29) is 17.5 Å². The lowest BCUT2D eigenvalue weighted by Crippen LogP contribution is -2.30. The van der Waals surface area contributed by atoms with E-state index in [0.29, 0.717) is 18.7 Å². The maximum absolute atomic E-state index is 13.3. The number of halogens is 4. The molecule has 1 aromatic carbocycles. The average Bonchev–Trinajstić information content (AvgIpc) is 3.38. The molecule has 6 nitrogen and oxygen atoms in total. The molecule has 3 aromatic rings. The molecule has 170 valence electrons. The topological polar surface area (TPSA) is 56.0 Å². The summed E-state index contributed by atoms with van der Waals surface area (Å²) in [7, 11) is 0. The van der Waals surface area contributed by atoms with Gasteiger partial charge in [0.2, 0.25) is 0 Å². The zero-order chi connectivity index (χ0) is 23.4. The monoisotopic (exact) mass is 465 g/mol. The number of rotatable bonds is 4. The van der Waals surface area contributed by atoms with E-state index in [4.69, 9.17) is 11.6 Å². The Morgan fingerprint density at radius 2 is 1.81 bits per heavy atom. The number of aromatic nitrogens is 4. The minimum Gasteiger partial charge on any atom is -0.307 e. The van der Waals surface area contributed by atoms with Crippen LogP contribution in [-0.2, 0) is 11.0 Å². The van der Waals surface area contributed by atoms with E-state index < -0.39 is 22.9 Å². The molecular formula is C22H23ClF3N5O. The molecule has 1 fully saturated rings. The second-order valence-electron chi connectivity index (χ2n) is 8.30. The SMILES string of the molecule is Cc1ccc(-n2ncc(N3CCC(n4nc(C(F)(F)F)c(Cl)c4C)C3=O)c2C(C)C)cc1. The highest BCUT2D eigenvalue weighted by Crippen LogP contribution is 2.39. The van der Waals surface area contributed by atoms with Crippen LogP contribution >= 0.6 is 11.6 Å². The van der Waals surface area contributed by atoms with Crippen molar-refractivity contribution in [1.29, 1.82) is 0 Å². The first kappa shape index (κ1) is 22.4. The van der Waals surface area contributed by atoms with E-state index in [2.05, 4.69) is 10.2 Å². The predicted octanol–water partition coefficient (Wildman–Crippen LogP) is 5.46. The predicted molar refractivity (Wildman–Crippen MR) is 115 cm³/mol. The summed E-state index contributed by atoms with van der Waals surface area (Å²) in [5.41, 5.74) is 2.46. The van der Waals surface area contributed by atoms with Crippen molar-refractivity contribution in [3.8, 4) is 5.69 Å². The van der Waals surface area contributed by atoms with Gasteiger partial charge in [0.05, 0.1) is 34.0 Å². The van der Waals surface area contributed by atoms with Crippen LogP contribution in [0.4, 0.5) is 18.9 Å². The van der Waals surface area contributed by atoms with E-state index in [1.54, 1.807) is 15.8 Å². The van der Waals surface area contributed by atoms with Gasteiger partial charge in [0.25, 0.3) is 5.91 Å². The van der Waals surface area contributed by atoms with E-state index in [1.807, 2.05) is 45.0 Å². The number of carbonyl (C=O) groups excluding carboxylic acids is 1. The van der Waals surface area contributed by atoms with Crippen LogP contribution < -0.4 is 4.90 Å². The highest BCUT2D eigenvalue weighted by Gasteiger charge is 2.42. The molecule has 10 heteroatoms. The summed E-state index contributed by atoms with van der Waals surface area (Å²) in [4.78, 5) is 14.9. The summed E-state index contributed by atoms with van der Waals surface area (Å²) in [5, 5.41) is 7.69. The molecule has 4 rings (SSSR count). The van der Waals surface area contributed by atoms with Crippen LogP contribution in [0.25, 0.3) is 5.69 Å². The zero-order valence-electron chi connectivity index (χ0n) is 18.1. The molecule has 0 bridgehead atoms. The second-order valence-corrected chi connectivity index (χ2v) is 8.68. The fourth-order valence-electron chi connectivity index (χ4n) is 4.10. The van der Waals surface area contributed by atoms with Gasteiger partial charge in [-0.05, 0) is 38.3 Å². The highest BCUT2D eigenvalue weighted by molar-refractivity contribution is 6.32. The third kappa shape index (κ3) is 3.68. The summed E-state index contributed by atoms with van der Waals surface area (Å²) >= 11 is 5.89. The van der Waals surface area contributed by atoms with Crippen LogP contribution in [-0.4, -0.2) is 32.0 Å². The van der Waals surface area contributed by atoms with Crippen molar-refractivity contribution in [3.63, 3.8) is 0 Å². The van der Waals surface area contributed by atoms with Gasteiger partial charge >= 0.3 is 6.18 Å². The molecule has 1 unspecified atom stereocenters. The van der Waals surface area contributed by atoms with Gasteiger partial charge in [-0.3, -0.25) is 9.48 Å². The fraction of sp³-hybridized carbons (Fsp3) is 0.409. The number of alkyl halides is 3. The van der Waals surface area contributed by atoms with Crippen molar-refractivity contribution < 1.29 is 18.0 Å². The molecular weight excluding hydrogens is 443 g/mol. The number of amides is 1. The molecule has 1 amide bonds. The Bertz CT molecular complexity index is 1160. The van der Waals surface area contributed by atoms with E-state index in [9.17, 15) is 18.0 Å². The first-order chi connectivity index (χ1) is 15.0. The number of hydrogen-bond donors (Lipinski definition) is 0. The number of aryl methyl sites for hydroxylation is 1. The van der Waals surface area contributed by atoms with Gasteiger partial charge < -0.3 is 4.90 Å². The number of hydrogen-bond acceptors (Lipinski definition) is 3. The Labute approximate surface area is 188 Å². The van der Waals surface area contributed by atoms with Crippen molar-refractivity contribution in [2.45, 2.75) is 52.3 Å². The quantitative estimate of drug-likeness (QED) is 0.514. The Morgan fingerprint density at radius 1 is 1.16 bits per heavy atom. The maximum atomic E-state index is 13.3. The van der Waals surface area contributed by atoms with Crippen molar-refractivity contribution in [2.75, 3.05) is 11.4 Å². The van der Waals surface area contributed by atoms with Crippen LogP contribution in [0.3, 0.4) is 0 Å². The number of anilines is 1. The minimum atomic E-state index is -4.69. The van der Waals surface area contributed by atoms with Gasteiger partial charge in [-0.2, -0.15) is 23.4 Å². The lowest BCUT2D eigenvalue weighted by Gasteiger charge is -2.20. The van der Waals surface area contributed by atoms with Crippen LogP contribution in [0.15, 0.2) is 30.5 Å². The summed E-state index contributed by atoms with van der Waals surface area (Å²) < 4.78 is 42.6.